The molecule has 0 aromatic heterocycles. The van der Waals surface area contributed by atoms with E-state index in [-0.39, 0.29) is 0 Å². The molecule has 6 nitrogen and oxygen atoms in total. The number of rotatable bonds is 5. The first kappa shape index (κ1) is 17.8. The predicted octanol–water partition coefficient (Wildman–Crippen LogP) is 2.03. The van der Waals surface area contributed by atoms with Crippen LogP contribution in [0.25, 0.3) is 6.08 Å². The molecule has 0 saturated carbocycles. The van der Waals surface area contributed by atoms with Gasteiger partial charge in [-0.05, 0) is 17.7 Å². The molecule has 1 aliphatic rings. The number of aliphatic imine (C=N–C) groups is 1. The van der Waals surface area contributed by atoms with Gasteiger partial charge in [0.1, 0.15) is 5.69 Å². The second-order valence-corrected chi connectivity index (χ2v) is 7.75. The molecule has 1 aromatic rings. The van der Waals surface area contributed by atoms with E-state index in [4.69, 9.17) is 11.6 Å². The number of benzene rings is 1. The summed E-state index contributed by atoms with van der Waals surface area (Å²) in [6.07, 6.45) is 4.31. The molecule has 0 N–H and O–H groups in total. The monoisotopic (exact) mass is 355 g/mol. The Hall–Kier alpha value is -1.50. The maximum atomic E-state index is 11.5. The normalized spacial score (nSPS) is 16.8. The molecule has 124 valence electrons. The van der Waals surface area contributed by atoms with E-state index in [1.54, 1.807) is 12.1 Å². The van der Waals surface area contributed by atoms with Crippen molar-refractivity contribution in [1.82, 2.24) is 9.21 Å². The largest absolute Gasteiger partial charge is 0.296 e. The van der Waals surface area contributed by atoms with E-state index >= 15 is 0 Å². The van der Waals surface area contributed by atoms with Gasteiger partial charge in [0.15, 0.2) is 0 Å². The molecule has 0 spiro atoms. The fourth-order valence-electron chi connectivity index (χ4n) is 2.57. The smallest absolute Gasteiger partial charge is 0.240 e. The third-order valence-corrected chi connectivity index (χ3v) is 5.33. The van der Waals surface area contributed by atoms with Gasteiger partial charge >= 0.3 is 0 Å². The predicted molar refractivity (Wildman–Crippen MR) is 91.0 cm³/mol. The van der Waals surface area contributed by atoms with Gasteiger partial charge in [-0.25, -0.2) is 13.2 Å². The fraction of sp³-hybridized carbons (Fsp3) is 0.400. The Morgan fingerprint density at radius 1 is 1.35 bits per heavy atom. The van der Waals surface area contributed by atoms with Gasteiger partial charge in [0.25, 0.3) is 0 Å². The van der Waals surface area contributed by atoms with Crippen LogP contribution in [0.15, 0.2) is 23.7 Å². The molecule has 23 heavy (non-hydrogen) atoms. The lowest BCUT2D eigenvalue weighted by Gasteiger charge is -2.33. The van der Waals surface area contributed by atoms with Crippen LogP contribution in [0.2, 0.25) is 5.02 Å². The number of piperazine rings is 1. The van der Waals surface area contributed by atoms with Crippen LogP contribution in [0.5, 0.6) is 0 Å². The third-order valence-electron chi connectivity index (χ3n) is 3.74. The summed E-state index contributed by atoms with van der Waals surface area (Å²) in [5, 5.41) is 0.371. The summed E-state index contributed by atoms with van der Waals surface area (Å²) in [6, 6.07) is 3.63. The zero-order chi connectivity index (χ0) is 17.0. The van der Waals surface area contributed by atoms with Crippen molar-refractivity contribution in [3.63, 3.8) is 0 Å². The molecule has 1 fully saturated rings. The summed E-state index contributed by atoms with van der Waals surface area (Å²) < 4.78 is 24.5. The second-order valence-electron chi connectivity index (χ2n) is 5.36. The summed E-state index contributed by atoms with van der Waals surface area (Å²) in [7, 11) is -3.13. The molecule has 0 atom stereocenters. The van der Waals surface area contributed by atoms with Gasteiger partial charge in [-0.15, -0.1) is 0 Å². The van der Waals surface area contributed by atoms with Crippen LogP contribution in [0.1, 0.15) is 11.1 Å². The quantitative estimate of drug-likeness (QED) is 0.598. The molecule has 2 rings (SSSR count). The van der Waals surface area contributed by atoms with Crippen molar-refractivity contribution in [2.75, 3.05) is 32.4 Å². The second kappa shape index (κ2) is 7.38. The summed E-state index contributed by atoms with van der Waals surface area (Å²) >= 11 is 6.17. The van der Waals surface area contributed by atoms with E-state index in [1.807, 2.05) is 6.07 Å². The first-order valence-corrected chi connectivity index (χ1v) is 9.28. The Morgan fingerprint density at radius 3 is 2.52 bits per heavy atom. The Labute approximate surface area is 141 Å². The van der Waals surface area contributed by atoms with Crippen molar-refractivity contribution in [2.45, 2.75) is 6.54 Å². The van der Waals surface area contributed by atoms with Crippen molar-refractivity contribution >= 4 is 39.5 Å². The minimum atomic E-state index is -3.13. The number of carbonyl (C=O) groups excluding carboxylic acids is 1. The molecular weight excluding hydrogens is 338 g/mol. The van der Waals surface area contributed by atoms with Crippen LogP contribution in [-0.4, -0.2) is 56.1 Å². The SMILES string of the molecule is C=Cc1cc(CN2CCN(S(C)(=O)=O)CC2)cc(Cl)c1N=C=O. The molecule has 1 saturated heterocycles. The average Bonchev–Trinajstić information content (AvgIpc) is 2.49. The van der Waals surface area contributed by atoms with Gasteiger partial charge in [-0.2, -0.15) is 9.30 Å². The number of hydrogen-bond donors (Lipinski definition) is 0. The Balaban J connectivity index is 2.11. The van der Waals surface area contributed by atoms with E-state index in [0.717, 1.165) is 5.56 Å². The highest BCUT2D eigenvalue weighted by molar-refractivity contribution is 7.88. The topological polar surface area (TPSA) is 70.1 Å². The van der Waals surface area contributed by atoms with Crippen molar-refractivity contribution in [1.29, 1.82) is 0 Å². The first-order valence-electron chi connectivity index (χ1n) is 7.05. The van der Waals surface area contributed by atoms with E-state index < -0.39 is 10.0 Å². The molecule has 0 aliphatic carbocycles. The maximum absolute atomic E-state index is 11.5. The molecule has 0 unspecified atom stereocenters. The van der Waals surface area contributed by atoms with Gasteiger partial charge in [0.05, 0.1) is 11.3 Å². The fourth-order valence-corrected chi connectivity index (χ4v) is 3.68. The van der Waals surface area contributed by atoms with Crippen LogP contribution < -0.4 is 0 Å². The van der Waals surface area contributed by atoms with Crippen molar-refractivity contribution < 1.29 is 13.2 Å². The van der Waals surface area contributed by atoms with Crippen LogP contribution in [0.3, 0.4) is 0 Å². The van der Waals surface area contributed by atoms with E-state index in [9.17, 15) is 13.2 Å². The molecule has 8 heteroatoms. The number of isocyanates is 1. The minimum absolute atomic E-state index is 0.363. The Kier molecular flexibility index (Phi) is 5.73. The minimum Gasteiger partial charge on any atom is -0.296 e. The standard InChI is InChI=1S/C15H18ClN3O3S/c1-3-13-8-12(9-14(16)15(13)17-11-20)10-18-4-6-19(7-5-18)23(2,21)22/h3,8-9H,1,4-7,10H2,2H3. The molecule has 0 bridgehead atoms. The number of nitrogens with zero attached hydrogens (tertiary/aromatic N) is 3. The van der Waals surface area contributed by atoms with E-state index in [2.05, 4.69) is 16.5 Å². The van der Waals surface area contributed by atoms with Crippen LogP contribution in [0.4, 0.5) is 5.69 Å². The lowest BCUT2D eigenvalue weighted by atomic mass is 10.1. The van der Waals surface area contributed by atoms with Crippen LogP contribution >= 0.6 is 11.6 Å². The van der Waals surface area contributed by atoms with Crippen LogP contribution in [0, 0.1) is 0 Å². The lowest BCUT2D eigenvalue weighted by Crippen LogP contribution is -2.47. The average molecular weight is 356 g/mol. The maximum Gasteiger partial charge on any atom is 0.240 e. The number of halogens is 1. The van der Waals surface area contributed by atoms with Crippen molar-refractivity contribution in [3.8, 4) is 0 Å². The summed E-state index contributed by atoms with van der Waals surface area (Å²) in [6.45, 7) is 6.62. The van der Waals surface area contributed by atoms with Gasteiger partial charge in [-0.3, -0.25) is 4.90 Å². The number of sulfonamides is 1. The Bertz CT molecular complexity index is 749. The van der Waals surface area contributed by atoms with Crippen LogP contribution in [-0.2, 0) is 21.4 Å². The molecular formula is C15H18ClN3O3S. The Morgan fingerprint density at radius 2 is 2.00 bits per heavy atom. The highest BCUT2D eigenvalue weighted by Crippen LogP contribution is 2.31. The number of hydrogen-bond acceptors (Lipinski definition) is 5. The lowest BCUT2D eigenvalue weighted by molar-refractivity contribution is 0.182. The van der Waals surface area contributed by atoms with Gasteiger partial charge in [0.2, 0.25) is 16.1 Å². The molecule has 0 amide bonds. The molecule has 1 aliphatic heterocycles. The third kappa shape index (κ3) is 4.50. The van der Waals surface area contributed by atoms with Crippen molar-refractivity contribution in [2.24, 2.45) is 4.99 Å². The molecule has 1 heterocycles. The highest BCUT2D eigenvalue weighted by atomic mass is 35.5. The zero-order valence-corrected chi connectivity index (χ0v) is 14.4. The van der Waals surface area contributed by atoms with Gasteiger partial charge in [0, 0.05) is 38.3 Å². The van der Waals surface area contributed by atoms with Gasteiger partial charge in [-0.1, -0.05) is 24.3 Å². The molecule has 1 aromatic carbocycles. The van der Waals surface area contributed by atoms with E-state index in [1.165, 1.54) is 16.6 Å². The first-order chi connectivity index (χ1) is 10.8. The van der Waals surface area contributed by atoms with Gasteiger partial charge < -0.3 is 0 Å². The summed E-state index contributed by atoms with van der Waals surface area (Å²) in [4.78, 5) is 16.2. The van der Waals surface area contributed by atoms with Crippen molar-refractivity contribution in [3.05, 3.63) is 34.9 Å². The summed E-state index contributed by atoms with van der Waals surface area (Å²) in [5.74, 6) is 0. The highest BCUT2D eigenvalue weighted by Gasteiger charge is 2.23. The molecule has 0 radical (unpaired) electrons. The summed E-state index contributed by atoms with van der Waals surface area (Å²) in [5.41, 5.74) is 2.00. The van der Waals surface area contributed by atoms with E-state index in [0.29, 0.717) is 49.0 Å². The zero-order valence-electron chi connectivity index (χ0n) is 12.8.